The first kappa shape index (κ1) is 25.1. The Labute approximate surface area is 174 Å². The highest BCUT2D eigenvalue weighted by Crippen LogP contribution is 2.23. The van der Waals surface area contributed by atoms with Crippen LogP contribution in [-0.2, 0) is 29.8 Å². The van der Waals surface area contributed by atoms with E-state index in [2.05, 4.69) is 4.72 Å². The van der Waals surface area contributed by atoms with Gasteiger partial charge in [-0.05, 0) is 57.7 Å². The van der Waals surface area contributed by atoms with Gasteiger partial charge in [0.1, 0.15) is 6.04 Å². The molecule has 164 valence electrons. The fourth-order valence-electron chi connectivity index (χ4n) is 2.99. The number of rotatable bonds is 8. The fraction of sp³-hybridized carbons (Fsp3) is 0.619. The predicted molar refractivity (Wildman–Crippen MR) is 113 cm³/mol. The Morgan fingerprint density at radius 1 is 1.00 bits per heavy atom. The minimum absolute atomic E-state index is 0.0341. The zero-order chi connectivity index (χ0) is 22.6. The summed E-state index contributed by atoms with van der Waals surface area (Å²) in [7, 11) is -3.89. The number of hydrogen-bond acceptors (Lipinski definition) is 5. The molecule has 7 nitrogen and oxygen atoms in total. The lowest BCUT2D eigenvalue weighted by Gasteiger charge is -2.30. The maximum absolute atomic E-state index is 12.5. The molecule has 0 radical (unpaired) electrons. The van der Waals surface area contributed by atoms with Crippen molar-refractivity contribution < 1.29 is 22.7 Å². The third-order valence-corrected chi connectivity index (χ3v) is 6.01. The number of carbonyl (C=O) groups excluding carboxylic acids is 2. The number of nitrogens with zero attached hydrogens (tertiary/aromatic N) is 1. The lowest BCUT2D eigenvalue weighted by Crippen LogP contribution is -2.45. The van der Waals surface area contributed by atoms with E-state index in [1.807, 2.05) is 48.5 Å². The standard InChI is InChI=1S/C21H34N2O5S/c1-14(2)23(15(3)4)19(24)13-28-20(25)16(5)22-29(26,27)18-11-9-17(10-12-18)21(6,7)8/h9-12,14-16,22H,13H2,1-8H3/t16-/m0/s1. The lowest BCUT2D eigenvalue weighted by molar-refractivity contribution is -0.154. The Hall–Kier alpha value is -1.93. The summed E-state index contributed by atoms with van der Waals surface area (Å²) < 4.78 is 32.4. The monoisotopic (exact) mass is 426 g/mol. The van der Waals surface area contributed by atoms with Crippen LogP contribution in [-0.4, -0.2) is 49.9 Å². The zero-order valence-corrected chi connectivity index (χ0v) is 19.5. The molecule has 29 heavy (non-hydrogen) atoms. The topological polar surface area (TPSA) is 92.8 Å². The maximum atomic E-state index is 12.5. The van der Waals surface area contributed by atoms with Gasteiger partial charge >= 0.3 is 5.97 Å². The van der Waals surface area contributed by atoms with Crippen LogP contribution in [0.5, 0.6) is 0 Å². The predicted octanol–water partition coefficient (Wildman–Crippen LogP) is 2.84. The summed E-state index contributed by atoms with van der Waals surface area (Å²) in [6, 6.07) is 5.33. The first-order chi connectivity index (χ1) is 13.2. The molecular formula is C21H34N2O5S. The van der Waals surface area contributed by atoms with Gasteiger partial charge < -0.3 is 9.64 Å². The van der Waals surface area contributed by atoms with E-state index in [0.29, 0.717) is 0 Å². The number of esters is 1. The van der Waals surface area contributed by atoms with Crippen molar-refractivity contribution in [2.24, 2.45) is 0 Å². The molecule has 0 aliphatic rings. The van der Waals surface area contributed by atoms with E-state index in [4.69, 9.17) is 4.74 Å². The van der Waals surface area contributed by atoms with Crippen molar-refractivity contribution in [3.8, 4) is 0 Å². The molecule has 0 aliphatic carbocycles. The highest BCUT2D eigenvalue weighted by molar-refractivity contribution is 7.89. The van der Waals surface area contributed by atoms with Gasteiger partial charge in [-0.15, -0.1) is 0 Å². The normalized spacial score (nSPS) is 13.4. The summed E-state index contributed by atoms with van der Waals surface area (Å²) in [6.45, 7) is 14.6. The van der Waals surface area contributed by atoms with Crippen LogP contribution < -0.4 is 4.72 Å². The van der Waals surface area contributed by atoms with Crippen molar-refractivity contribution in [1.82, 2.24) is 9.62 Å². The number of amides is 1. The summed E-state index contributed by atoms with van der Waals surface area (Å²) >= 11 is 0. The minimum atomic E-state index is -3.89. The summed E-state index contributed by atoms with van der Waals surface area (Å²) in [6.07, 6.45) is 0. The highest BCUT2D eigenvalue weighted by atomic mass is 32.2. The molecule has 0 spiro atoms. The number of benzene rings is 1. The third-order valence-electron chi connectivity index (χ3n) is 4.45. The van der Waals surface area contributed by atoms with E-state index < -0.39 is 28.6 Å². The quantitative estimate of drug-likeness (QED) is 0.645. The number of sulfonamides is 1. The molecule has 0 saturated heterocycles. The summed E-state index contributed by atoms with van der Waals surface area (Å²) in [4.78, 5) is 26.1. The largest absolute Gasteiger partial charge is 0.454 e. The Kier molecular flexibility index (Phi) is 8.41. The van der Waals surface area contributed by atoms with Crippen LogP contribution in [0.3, 0.4) is 0 Å². The molecule has 0 saturated carbocycles. The smallest absolute Gasteiger partial charge is 0.324 e. The number of ether oxygens (including phenoxy) is 1. The summed E-state index contributed by atoms with van der Waals surface area (Å²) in [5, 5.41) is 0. The summed E-state index contributed by atoms with van der Waals surface area (Å²) in [5.74, 6) is -1.13. The molecular weight excluding hydrogens is 392 g/mol. The first-order valence-electron chi connectivity index (χ1n) is 9.77. The molecule has 0 fully saturated rings. The van der Waals surface area contributed by atoms with Gasteiger partial charge in [0.2, 0.25) is 10.0 Å². The second-order valence-corrected chi connectivity index (χ2v) is 10.4. The van der Waals surface area contributed by atoms with Crippen molar-refractivity contribution in [3.05, 3.63) is 29.8 Å². The Morgan fingerprint density at radius 3 is 1.90 bits per heavy atom. The van der Waals surface area contributed by atoms with Gasteiger partial charge in [-0.2, -0.15) is 4.72 Å². The maximum Gasteiger partial charge on any atom is 0.324 e. The SMILES string of the molecule is CC(C)N(C(=O)COC(=O)[C@H](C)NS(=O)(=O)c1ccc(C(C)(C)C)cc1)C(C)C. The van der Waals surface area contributed by atoms with Gasteiger partial charge in [0.25, 0.3) is 5.91 Å². The third kappa shape index (κ3) is 7.12. The Bertz CT molecular complexity index is 800. The van der Waals surface area contributed by atoms with Crippen LogP contribution in [0.25, 0.3) is 0 Å². The zero-order valence-electron chi connectivity index (χ0n) is 18.6. The van der Waals surface area contributed by atoms with E-state index >= 15 is 0 Å². The van der Waals surface area contributed by atoms with E-state index in [1.54, 1.807) is 17.0 Å². The second kappa shape index (κ2) is 9.71. The molecule has 1 rings (SSSR count). The summed E-state index contributed by atoms with van der Waals surface area (Å²) in [5.41, 5.74) is 0.904. The van der Waals surface area contributed by atoms with Crippen LogP contribution in [0.15, 0.2) is 29.2 Å². The van der Waals surface area contributed by atoms with Crippen molar-refractivity contribution >= 4 is 21.9 Å². The molecule has 0 aliphatic heterocycles. The molecule has 1 aromatic rings. The molecule has 1 aromatic carbocycles. The lowest BCUT2D eigenvalue weighted by atomic mass is 9.87. The van der Waals surface area contributed by atoms with E-state index in [-0.39, 0.29) is 28.3 Å². The second-order valence-electron chi connectivity index (χ2n) is 8.71. The Balaban J connectivity index is 2.75. The average Bonchev–Trinajstić information content (AvgIpc) is 2.57. The van der Waals surface area contributed by atoms with Crippen LogP contribution in [0.2, 0.25) is 0 Å². The fourth-order valence-corrected chi connectivity index (χ4v) is 4.18. The average molecular weight is 427 g/mol. The molecule has 1 atom stereocenters. The van der Waals surface area contributed by atoms with E-state index in [0.717, 1.165) is 5.56 Å². The first-order valence-corrected chi connectivity index (χ1v) is 11.3. The molecule has 1 N–H and O–H groups in total. The minimum Gasteiger partial charge on any atom is -0.454 e. The van der Waals surface area contributed by atoms with Gasteiger partial charge in [0, 0.05) is 12.1 Å². The Morgan fingerprint density at radius 2 is 1.48 bits per heavy atom. The van der Waals surface area contributed by atoms with Crippen molar-refractivity contribution in [1.29, 1.82) is 0 Å². The van der Waals surface area contributed by atoms with Gasteiger partial charge in [0.05, 0.1) is 4.90 Å². The van der Waals surface area contributed by atoms with Crippen molar-refractivity contribution in [3.63, 3.8) is 0 Å². The highest BCUT2D eigenvalue weighted by Gasteiger charge is 2.26. The molecule has 0 heterocycles. The van der Waals surface area contributed by atoms with Crippen LogP contribution in [0.1, 0.15) is 61.0 Å². The van der Waals surface area contributed by atoms with Crippen LogP contribution in [0, 0.1) is 0 Å². The van der Waals surface area contributed by atoms with E-state index in [1.165, 1.54) is 19.1 Å². The van der Waals surface area contributed by atoms with Gasteiger partial charge in [-0.3, -0.25) is 9.59 Å². The van der Waals surface area contributed by atoms with Gasteiger partial charge in [0.15, 0.2) is 6.61 Å². The molecule has 1 amide bonds. The van der Waals surface area contributed by atoms with Crippen LogP contribution >= 0.6 is 0 Å². The van der Waals surface area contributed by atoms with Crippen molar-refractivity contribution in [2.75, 3.05) is 6.61 Å². The van der Waals surface area contributed by atoms with Crippen LogP contribution in [0.4, 0.5) is 0 Å². The molecule has 0 unspecified atom stereocenters. The molecule has 0 aromatic heterocycles. The van der Waals surface area contributed by atoms with E-state index in [9.17, 15) is 18.0 Å². The van der Waals surface area contributed by atoms with Crippen molar-refractivity contribution in [2.45, 2.75) is 83.8 Å². The number of nitrogens with one attached hydrogen (secondary N) is 1. The number of hydrogen-bond donors (Lipinski definition) is 1. The van der Waals surface area contributed by atoms with Gasteiger partial charge in [-0.1, -0.05) is 32.9 Å². The van der Waals surface area contributed by atoms with Gasteiger partial charge in [-0.25, -0.2) is 8.42 Å². The molecule has 0 bridgehead atoms. The molecule has 8 heteroatoms. The number of carbonyl (C=O) groups is 2.